The van der Waals surface area contributed by atoms with Crippen molar-refractivity contribution in [3.63, 3.8) is 0 Å². The van der Waals surface area contributed by atoms with Crippen LogP contribution in [-0.4, -0.2) is 29.9 Å². The Balaban J connectivity index is 2.00. The number of fused-ring (bicyclic) bond motifs is 1. The summed E-state index contributed by atoms with van der Waals surface area (Å²) in [5.74, 6) is -3.77. The summed E-state index contributed by atoms with van der Waals surface area (Å²) in [6.45, 7) is 2.38. The number of aryl methyl sites for hydroxylation is 1. The lowest BCUT2D eigenvalue weighted by molar-refractivity contribution is 0.0128. The number of hydrogen-bond donors (Lipinski definition) is 2. The molecular weight excluding hydrogens is 378 g/mol. The van der Waals surface area contributed by atoms with Crippen LogP contribution in [0, 0.1) is 0 Å². The molecule has 1 amide bonds. The predicted octanol–water partition coefficient (Wildman–Crippen LogP) is 2.48. The van der Waals surface area contributed by atoms with E-state index in [4.69, 9.17) is 0 Å². The van der Waals surface area contributed by atoms with Crippen LogP contribution in [0.2, 0.25) is 0 Å². The van der Waals surface area contributed by atoms with Crippen molar-refractivity contribution in [2.45, 2.75) is 30.7 Å². The number of carbonyl (C=O) groups excluding carboxylic acids is 1. The topological polar surface area (TPSA) is 93.1 Å². The summed E-state index contributed by atoms with van der Waals surface area (Å²) in [4.78, 5) is 16.3. The van der Waals surface area contributed by atoms with Gasteiger partial charge in [0.25, 0.3) is 11.8 Å². The van der Waals surface area contributed by atoms with E-state index in [1.54, 1.807) is 19.1 Å². The van der Waals surface area contributed by atoms with E-state index in [0.717, 1.165) is 6.07 Å². The number of hydrogen-bond acceptors (Lipinski definition) is 4. The average molecular weight is 396 g/mol. The molecule has 144 valence electrons. The van der Waals surface area contributed by atoms with E-state index < -0.39 is 33.6 Å². The maximum Gasteiger partial charge on any atom is 0.287 e. The maximum atomic E-state index is 13.4. The van der Waals surface area contributed by atoms with Crippen molar-refractivity contribution in [3.8, 4) is 0 Å². The van der Waals surface area contributed by atoms with Crippen LogP contribution in [0.4, 0.5) is 14.5 Å². The zero-order valence-electron chi connectivity index (χ0n) is 14.8. The van der Waals surface area contributed by atoms with Gasteiger partial charge in [0.2, 0.25) is 10.0 Å². The van der Waals surface area contributed by atoms with Crippen LogP contribution < -0.4 is 10.0 Å². The number of alkyl halides is 2. The van der Waals surface area contributed by atoms with Gasteiger partial charge >= 0.3 is 0 Å². The van der Waals surface area contributed by atoms with Crippen molar-refractivity contribution in [1.29, 1.82) is 0 Å². The molecule has 0 unspecified atom stereocenters. The Labute approximate surface area is 155 Å². The predicted molar refractivity (Wildman–Crippen MR) is 96.0 cm³/mol. The molecule has 1 aliphatic heterocycles. The Morgan fingerprint density at radius 2 is 2.11 bits per heavy atom. The quantitative estimate of drug-likeness (QED) is 0.834. The SMILES string of the molecule is C[C@H]1C=Cc2c(cn(C)c2C(=O)Nc2ccnc(C(C)(F)F)c2)S(=O)(=O)N1. The Morgan fingerprint density at radius 3 is 2.78 bits per heavy atom. The molecular formula is C17H18F2N4O3S. The number of sulfonamides is 1. The Bertz CT molecular complexity index is 1040. The summed E-state index contributed by atoms with van der Waals surface area (Å²) in [6, 6.07) is 2.03. The molecule has 0 radical (unpaired) electrons. The van der Waals surface area contributed by atoms with Crippen LogP contribution in [0.15, 0.2) is 35.5 Å². The van der Waals surface area contributed by atoms with Gasteiger partial charge in [0.1, 0.15) is 16.3 Å². The van der Waals surface area contributed by atoms with Gasteiger partial charge in [-0.3, -0.25) is 9.78 Å². The van der Waals surface area contributed by atoms with Crippen LogP contribution in [0.25, 0.3) is 6.08 Å². The molecule has 0 aliphatic carbocycles. The molecule has 0 aromatic carbocycles. The zero-order chi connectivity index (χ0) is 20.0. The van der Waals surface area contributed by atoms with Gasteiger partial charge in [-0.25, -0.2) is 13.1 Å². The van der Waals surface area contributed by atoms with E-state index in [-0.39, 0.29) is 21.8 Å². The minimum Gasteiger partial charge on any atom is -0.345 e. The third kappa shape index (κ3) is 3.76. The third-order valence-corrected chi connectivity index (χ3v) is 5.64. The van der Waals surface area contributed by atoms with Crippen molar-refractivity contribution in [1.82, 2.24) is 14.3 Å². The second-order valence-electron chi connectivity index (χ2n) is 6.41. The molecule has 0 saturated heterocycles. The van der Waals surface area contributed by atoms with E-state index in [1.165, 1.54) is 30.1 Å². The summed E-state index contributed by atoms with van der Waals surface area (Å²) in [6.07, 6.45) is 5.70. The number of pyridine rings is 1. The molecule has 0 bridgehead atoms. The fourth-order valence-corrected chi connectivity index (χ4v) is 4.25. The van der Waals surface area contributed by atoms with Gasteiger partial charge in [0, 0.05) is 43.7 Å². The average Bonchev–Trinajstić information content (AvgIpc) is 2.84. The van der Waals surface area contributed by atoms with E-state index in [0.29, 0.717) is 6.92 Å². The van der Waals surface area contributed by atoms with Gasteiger partial charge in [-0.05, 0) is 19.1 Å². The smallest absolute Gasteiger partial charge is 0.287 e. The van der Waals surface area contributed by atoms with Crippen molar-refractivity contribution >= 4 is 27.7 Å². The summed E-state index contributed by atoms with van der Waals surface area (Å²) < 4.78 is 55.6. The highest BCUT2D eigenvalue weighted by atomic mass is 32.2. The molecule has 10 heteroatoms. The maximum absolute atomic E-state index is 13.4. The monoisotopic (exact) mass is 396 g/mol. The van der Waals surface area contributed by atoms with Crippen LogP contribution in [0.3, 0.4) is 0 Å². The highest BCUT2D eigenvalue weighted by Crippen LogP contribution is 2.29. The molecule has 1 aliphatic rings. The summed E-state index contributed by atoms with van der Waals surface area (Å²) in [7, 11) is -2.25. The fraction of sp³-hybridized carbons (Fsp3) is 0.294. The molecule has 1 atom stereocenters. The van der Waals surface area contributed by atoms with E-state index in [2.05, 4.69) is 15.0 Å². The number of halogens is 2. The summed E-state index contributed by atoms with van der Waals surface area (Å²) in [5, 5.41) is 2.52. The van der Waals surface area contributed by atoms with Crippen LogP contribution in [0.1, 0.15) is 35.6 Å². The fourth-order valence-electron chi connectivity index (χ4n) is 2.80. The van der Waals surface area contributed by atoms with Crippen molar-refractivity contribution in [3.05, 3.63) is 47.6 Å². The number of nitrogens with one attached hydrogen (secondary N) is 2. The lowest BCUT2D eigenvalue weighted by Crippen LogP contribution is -2.30. The largest absolute Gasteiger partial charge is 0.345 e. The van der Waals surface area contributed by atoms with Gasteiger partial charge in [0.15, 0.2) is 0 Å². The minimum atomic E-state index is -3.78. The number of rotatable bonds is 3. The van der Waals surface area contributed by atoms with Gasteiger partial charge in [-0.15, -0.1) is 0 Å². The molecule has 2 aromatic heterocycles. The number of amides is 1. The van der Waals surface area contributed by atoms with Crippen LogP contribution in [0.5, 0.6) is 0 Å². The lowest BCUT2D eigenvalue weighted by atomic mass is 10.1. The first kappa shape index (κ1) is 19.2. The molecule has 7 nitrogen and oxygen atoms in total. The number of nitrogens with zero attached hydrogens (tertiary/aromatic N) is 2. The minimum absolute atomic E-state index is 0.0220. The molecule has 2 aromatic rings. The molecule has 3 rings (SSSR count). The molecule has 3 heterocycles. The Kier molecular flexibility index (Phi) is 4.64. The zero-order valence-corrected chi connectivity index (χ0v) is 15.6. The van der Waals surface area contributed by atoms with E-state index in [9.17, 15) is 22.0 Å². The van der Waals surface area contributed by atoms with Gasteiger partial charge < -0.3 is 9.88 Å². The van der Waals surface area contributed by atoms with Crippen molar-refractivity contribution in [2.24, 2.45) is 7.05 Å². The van der Waals surface area contributed by atoms with Crippen LogP contribution in [-0.2, 0) is 23.0 Å². The normalized spacial score (nSPS) is 18.6. The third-order valence-electron chi connectivity index (χ3n) is 4.05. The summed E-state index contributed by atoms with van der Waals surface area (Å²) >= 11 is 0. The van der Waals surface area contributed by atoms with Crippen molar-refractivity contribution < 1.29 is 22.0 Å². The first-order valence-electron chi connectivity index (χ1n) is 8.04. The van der Waals surface area contributed by atoms with Crippen LogP contribution >= 0.6 is 0 Å². The highest BCUT2D eigenvalue weighted by molar-refractivity contribution is 7.89. The molecule has 0 spiro atoms. The second-order valence-corrected chi connectivity index (χ2v) is 8.09. The molecule has 2 N–H and O–H groups in total. The first-order valence-corrected chi connectivity index (χ1v) is 9.53. The van der Waals surface area contributed by atoms with E-state index >= 15 is 0 Å². The first-order chi connectivity index (χ1) is 12.5. The molecule has 0 fully saturated rings. The van der Waals surface area contributed by atoms with Gasteiger partial charge in [0.05, 0.1) is 0 Å². The Morgan fingerprint density at radius 1 is 1.41 bits per heavy atom. The standard InChI is InChI=1S/C17H18F2N4O3S/c1-10-4-5-12-13(27(25,26)22-10)9-23(3)15(12)16(24)21-11-6-7-20-14(8-11)17(2,18)19/h4-10,22H,1-3H3,(H,20,21,24)/t10-/m0/s1. The molecule has 0 saturated carbocycles. The number of carbonyl (C=O) groups is 1. The summed E-state index contributed by atoms with van der Waals surface area (Å²) in [5.41, 5.74) is -0.00997. The Hall–Kier alpha value is -2.59. The number of aromatic nitrogens is 2. The molecule has 27 heavy (non-hydrogen) atoms. The van der Waals surface area contributed by atoms with Crippen molar-refractivity contribution in [2.75, 3.05) is 5.32 Å². The van der Waals surface area contributed by atoms with E-state index in [1.807, 2.05) is 0 Å². The number of anilines is 1. The second kappa shape index (κ2) is 6.54. The highest BCUT2D eigenvalue weighted by Gasteiger charge is 2.30. The van der Waals surface area contributed by atoms with Gasteiger partial charge in [-0.1, -0.05) is 12.2 Å². The van der Waals surface area contributed by atoms with Gasteiger partial charge in [-0.2, -0.15) is 8.78 Å². The lowest BCUT2D eigenvalue weighted by Gasteiger charge is -2.12.